The van der Waals surface area contributed by atoms with E-state index in [1.807, 2.05) is 19.3 Å². The SMILES string of the molecule is CNc1ncccc1CN1CCC[C@@H]1c1cccc(Cc2ccc(C)cc2)n1. The highest BCUT2D eigenvalue weighted by Crippen LogP contribution is 2.33. The van der Waals surface area contributed by atoms with Crippen molar-refractivity contribution < 1.29 is 0 Å². The molecule has 0 bridgehead atoms. The van der Waals surface area contributed by atoms with Gasteiger partial charge in [-0.25, -0.2) is 4.98 Å². The molecule has 1 aliphatic rings. The number of hydrogen-bond acceptors (Lipinski definition) is 4. The number of aryl methyl sites for hydroxylation is 1. The average molecular weight is 373 g/mol. The smallest absolute Gasteiger partial charge is 0.130 e. The summed E-state index contributed by atoms with van der Waals surface area (Å²) in [5.41, 5.74) is 6.19. The zero-order chi connectivity index (χ0) is 19.3. The molecule has 1 fully saturated rings. The van der Waals surface area contributed by atoms with Gasteiger partial charge in [0.25, 0.3) is 0 Å². The maximum absolute atomic E-state index is 5.03. The molecule has 28 heavy (non-hydrogen) atoms. The first-order chi connectivity index (χ1) is 13.7. The van der Waals surface area contributed by atoms with Crippen LogP contribution in [-0.2, 0) is 13.0 Å². The Labute approximate surface area is 167 Å². The fourth-order valence-corrected chi connectivity index (χ4v) is 4.06. The van der Waals surface area contributed by atoms with Gasteiger partial charge in [-0.15, -0.1) is 0 Å². The quantitative estimate of drug-likeness (QED) is 0.678. The van der Waals surface area contributed by atoms with Gasteiger partial charge < -0.3 is 5.32 Å². The number of nitrogens with one attached hydrogen (secondary N) is 1. The zero-order valence-corrected chi connectivity index (χ0v) is 16.7. The van der Waals surface area contributed by atoms with E-state index in [9.17, 15) is 0 Å². The van der Waals surface area contributed by atoms with Crippen molar-refractivity contribution in [3.63, 3.8) is 0 Å². The average Bonchev–Trinajstić information content (AvgIpc) is 3.19. The van der Waals surface area contributed by atoms with E-state index in [0.29, 0.717) is 6.04 Å². The summed E-state index contributed by atoms with van der Waals surface area (Å²) in [7, 11) is 1.93. The van der Waals surface area contributed by atoms with E-state index in [2.05, 4.69) is 70.7 Å². The summed E-state index contributed by atoms with van der Waals surface area (Å²) < 4.78 is 0. The van der Waals surface area contributed by atoms with Crippen molar-refractivity contribution in [2.24, 2.45) is 0 Å². The Kier molecular flexibility index (Phi) is 5.68. The molecule has 0 spiro atoms. The molecule has 4 heteroatoms. The fraction of sp³-hybridized carbons (Fsp3) is 0.333. The summed E-state index contributed by atoms with van der Waals surface area (Å²) in [5, 5.41) is 3.21. The van der Waals surface area contributed by atoms with Crippen molar-refractivity contribution in [2.75, 3.05) is 18.9 Å². The Morgan fingerprint density at radius 2 is 1.93 bits per heavy atom. The van der Waals surface area contributed by atoms with Gasteiger partial charge in [0, 0.05) is 37.5 Å². The topological polar surface area (TPSA) is 41.1 Å². The van der Waals surface area contributed by atoms with E-state index in [-0.39, 0.29) is 0 Å². The molecule has 0 saturated carbocycles. The van der Waals surface area contributed by atoms with E-state index in [1.54, 1.807) is 0 Å². The Bertz CT molecular complexity index is 920. The number of aromatic nitrogens is 2. The van der Waals surface area contributed by atoms with Crippen LogP contribution in [0.15, 0.2) is 60.8 Å². The number of hydrogen-bond donors (Lipinski definition) is 1. The number of anilines is 1. The molecule has 0 amide bonds. The molecular weight excluding hydrogens is 344 g/mol. The molecule has 1 N–H and O–H groups in total. The van der Waals surface area contributed by atoms with E-state index < -0.39 is 0 Å². The Hall–Kier alpha value is -2.72. The molecule has 4 rings (SSSR count). The lowest BCUT2D eigenvalue weighted by Crippen LogP contribution is -2.24. The minimum Gasteiger partial charge on any atom is -0.373 e. The van der Waals surface area contributed by atoms with Crippen LogP contribution in [0.3, 0.4) is 0 Å². The summed E-state index contributed by atoms with van der Waals surface area (Å²) in [6, 6.07) is 19.8. The highest BCUT2D eigenvalue weighted by Gasteiger charge is 2.27. The molecule has 1 saturated heterocycles. The summed E-state index contributed by atoms with van der Waals surface area (Å²) in [5.74, 6) is 0.967. The normalized spacial score (nSPS) is 17.0. The van der Waals surface area contributed by atoms with E-state index in [4.69, 9.17) is 4.98 Å². The zero-order valence-electron chi connectivity index (χ0n) is 16.7. The van der Waals surface area contributed by atoms with E-state index in [1.165, 1.54) is 28.8 Å². The van der Waals surface area contributed by atoms with Crippen LogP contribution in [0, 0.1) is 6.92 Å². The van der Waals surface area contributed by atoms with Gasteiger partial charge in [-0.3, -0.25) is 9.88 Å². The van der Waals surface area contributed by atoms with E-state index in [0.717, 1.165) is 37.4 Å². The van der Waals surface area contributed by atoms with Crippen molar-refractivity contribution in [1.82, 2.24) is 14.9 Å². The summed E-state index contributed by atoms with van der Waals surface area (Å²) in [6.07, 6.45) is 5.10. The summed E-state index contributed by atoms with van der Waals surface area (Å²) in [6.45, 7) is 4.13. The molecule has 1 aromatic carbocycles. The standard InChI is InChI=1S/C24H28N4/c1-18-10-12-19(13-11-18)16-21-7-3-8-22(27-21)23-9-5-15-28(23)17-20-6-4-14-26-24(20)25-2/h3-4,6-8,10-14,23H,5,9,15-17H2,1-2H3,(H,25,26)/t23-/m1/s1. The molecule has 0 aliphatic carbocycles. The molecule has 1 atom stereocenters. The molecule has 4 nitrogen and oxygen atoms in total. The molecular formula is C24H28N4. The summed E-state index contributed by atoms with van der Waals surface area (Å²) >= 11 is 0. The lowest BCUT2D eigenvalue weighted by molar-refractivity contribution is 0.244. The third-order valence-corrected chi connectivity index (χ3v) is 5.54. The highest BCUT2D eigenvalue weighted by atomic mass is 15.2. The van der Waals surface area contributed by atoms with Gasteiger partial charge in [-0.2, -0.15) is 0 Å². The second kappa shape index (κ2) is 8.53. The summed E-state index contributed by atoms with van der Waals surface area (Å²) in [4.78, 5) is 12.0. The van der Waals surface area contributed by atoms with Crippen LogP contribution < -0.4 is 5.32 Å². The lowest BCUT2D eigenvalue weighted by Gasteiger charge is -2.25. The molecule has 0 unspecified atom stereocenters. The molecule has 3 aromatic rings. The maximum Gasteiger partial charge on any atom is 0.130 e. The molecule has 144 valence electrons. The van der Waals surface area contributed by atoms with Crippen LogP contribution in [-0.4, -0.2) is 28.5 Å². The van der Waals surface area contributed by atoms with Gasteiger partial charge >= 0.3 is 0 Å². The number of benzene rings is 1. The van der Waals surface area contributed by atoms with Crippen molar-refractivity contribution in [1.29, 1.82) is 0 Å². The minimum absolute atomic E-state index is 0.378. The van der Waals surface area contributed by atoms with Gasteiger partial charge in [0.05, 0.1) is 11.7 Å². The van der Waals surface area contributed by atoms with Gasteiger partial charge in [0.1, 0.15) is 5.82 Å². The monoisotopic (exact) mass is 372 g/mol. The van der Waals surface area contributed by atoms with Gasteiger partial charge in [-0.05, 0) is 50.1 Å². The number of likely N-dealkylation sites (tertiary alicyclic amines) is 1. The Morgan fingerprint density at radius 3 is 2.75 bits per heavy atom. The van der Waals surface area contributed by atoms with Crippen LogP contribution >= 0.6 is 0 Å². The van der Waals surface area contributed by atoms with Crippen LogP contribution in [0.5, 0.6) is 0 Å². The largest absolute Gasteiger partial charge is 0.373 e. The molecule has 0 radical (unpaired) electrons. The number of pyridine rings is 2. The van der Waals surface area contributed by atoms with Crippen molar-refractivity contribution in [2.45, 2.75) is 38.8 Å². The van der Waals surface area contributed by atoms with E-state index >= 15 is 0 Å². The predicted molar refractivity (Wildman–Crippen MR) is 114 cm³/mol. The molecule has 1 aliphatic heterocycles. The Balaban J connectivity index is 1.52. The first-order valence-electron chi connectivity index (χ1n) is 10.1. The van der Waals surface area contributed by atoms with Gasteiger partial charge in [-0.1, -0.05) is 42.0 Å². The van der Waals surface area contributed by atoms with Crippen LogP contribution in [0.25, 0.3) is 0 Å². The second-order valence-corrected chi connectivity index (χ2v) is 7.61. The van der Waals surface area contributed by atoms with Crippen LogP contribution in [0.4, 0.5) is 5.82 Å². The minimum atomic E-state index is 0.378. The van der Waals surface area contributed by atoms with Crippen molar-refractivity contribution >= 4 is 5.82 Å². The van der Waals surface area contributed by atoms with Crippen LogP contribution in [0.1, 0.15) is 47.0 Å². The fourth-order valence-electron chi connectivity index (χ4n) is 4.06. The Morgan fingerprint density at radius 1 is 1.07 bits per heavy atom. The first-order valence-corrected chi connectivity index (χ1v) is 10.1. The maximum atomic E-state index is 5.03. The third kappa shape index (κ3) is 4.23. The van der Waals surface area contributed by atoms with Gasteiger partial charge in [0.15, 0.2) is 0 Å². The second-order valence-electron chi connectivity index (χ2n) is 7.61. The van der Waals surface area contributed by atoms with Crippen molar-refractivity contribution in [3.8, 4) is 0 Å². The number of rotatable bonds is 6. The third-order valence-electron chi connectivity index (χ3n) is 5.54. The predicted octanol–water partition coefficient (Wildman–Crippen LogP) is 4.75. The first kappa shape index (κ1) is 18.6. The number of nitrogens with zero attached hydrogens (tertiary/aromatic N) is 3. The lowest BCUT2D eigenvalue weighted by atomic mass is 10.1. The molecule has 3 heterocycles. The van der Waals surface area contributed by atoms with Gasteiger partial charge in [0.2, 0.25) is 0 Å². The van der Waals surface area contributed by atoms with Crippen LogP contribution in [0.2, 0.25) is 0 Å². The van der Waals surface area contributed by atoms with Crippen molar-refractivity contribution in [3.05, 3.63) is 88.9 Å². The highest BCUT2D eigenvalue weighted by molar-refractivity contribution is 5.43. The molecule has 2 aromatic heterocycles.